The highest BCUT2D eigenvalue weighted by Crippen LogP contribution is 2.44. The van der Waals surface area contributed by atoms with Crippen molar-refractivity contribution < 1.29 is 28.6 Å². The Balaban J connectivity index is 0.000000208. The molecule has 1 N–H and O–H groups in total. The van der Waals surface area contributed by atoms with Crippen molar-refractivity contribution in [1.29, 1.82) is 0 Å². The van der Waals surface area contributed by atoms with Crippen molar-refractivity contribution in [2.75, 3.05) is 20.3 Å². The van der Waals surface area contributed by atoms with Crippen LogP contribution in [0.15, 0.2) is 85.6 Å². The third-order valence-electron chi connectivity index (χ3n) is 6.89. The molecule has 0 saturated heterocycles. The van der Waals surface area contributed by atoms with Gasteiger partial charge in [0.05, 0.1) is 24.1 Å². The quantitative estimate of drug-likeness (QED) is 0.142. The lowest BCUT2D eigenvalue weighted by Gasteiger charge is -2.19. The first kappa shape index (κ1) is 32.0. The van der Waals surface area contributed by atoms with Crippen LogP contribution in [-0.4, -0.2) is 53.3 Å². The minimum Gasteiger partial charge on any atom is -0.461 e. The number of hydrogen-bond acceptors (Lipinski definition) is 7. The zero-order valence-electron chi connectivity index (χ0n) is 25.7. The Kier molecular flexibility index (Phi) is 10.6. The van der Waals surface area contributed by atoms with E-state index < -0.39 is 5.60 Å². The number of aromatic nitrogens is 2. The van der Waals surface area contributed by atoms with Gasteiger partial charge in [0.15, 0.2) is 0 Å². The Morgan fingerprint density at radius 3 is 2.18 bits per heavy atom. The molecule has 4 aromatic rings. The summed E-state index contributed by atoms with van der Waals surface area (Å²) in [5.74, 6) is 0.212. The summed E-state index contributed by atoms with van der Waals surface area (Å²) in [7, 11) is 1.57. The van der Waals surface area contributed by atoms with Gasteiger partial charge in [-0.25, -0.2) is 9.78 Å². The molecule has 2 aromatic carbocycles. The summed E-state index contributed by atoms with van der Waals surface area (Å²) in [5, 5.41) is 2.48. The highest BCUT2D eigenvalue weighted by Gasteiger charge is 2.28. The third kappa shape index (κ3) is 8.12. The van der Waals surface area contributed by atoms with Gasteiger partial charge in [-0.05, 0) is 55.2 Å². The molecule has 0 radical (unpaired) electrons. The van der Waals surface area contributed by atoms with Gasteiger partial charge in [-0.15, -0.1) is 0 Å². The van der Waals surface area contributed by atoms with Crippen molar-refractivity contribution in [3.63, 3.8) is 0 Å². The van der Waals surface area contributed by atoms with Gasteiger partial charge in [-0.2, -0.15) is 0 Å². The van der Waals surface area contributed by atoms with Gasteiger partial charge in [-0.3, -0.25) is 9.59 Å². The Morgan fingerprint density at radius 1 is 0.932 bits per heavy atom. The van der Waals surface area contributed by atoms with Gasteiger partial charge in [0.1, 0.15) is 24.6 Å². The largest absolute Gasteiger partial charge is 0.461 e. The number of pyridine rings is 1. The summed E-state index contributed by atoms with van der Waals surface area (Å²) in [5.41, 5.74) is 5.88. The zero-order chi connectivity index (χ0) is 31.7. The van der Waals surface area contributed by atoms with Gasteiger partial charge in [0.2, 0.25) is 0 Å². The number of carbonyl (C=O) groups excluding carboxylic acids is 3. The molecule has 2 aromatic heterocycles. The second-order valence-corrected chi connectivity index (χ2v) is 11.2. The van der Waals surface area contributed by atoms with Crippen molar-refractivity contribution in [3.8, 4) is 11.1 Å². The number of nitrogens with one attached hydrogen (secondary N) is 1. The SMILES string of the molecule is C=CCOC(=O)CCc1nc(CC(=O)OC(C)(C)C)c2ccccn12.CNC(=O)OCC1c2ccccc2-c2ccccc21. The van der Waals surface area contributed by atoms with E-state index in [4.69, 9.17) is 14.2 Å². The maximum Gasteiger partial charge on any atom is 0.406 e. The van der Waals surface area contributed by atoms with E-state index in [-0.39, 0.29) is 43.4 Å². The number of amides is 1. The van der Waals surface area contributed by atoms with Crippen LogP contribution in [0.3, 0.4) is 0 Å². The fraction of sp³-hybridized carbons (Fsp3) is 0.314. The predicted molar refractivity (Wildman–Crippen MR) is 168 cm³/mol. The number of fused-ring (bicyclic) bond motifs is 4. The van der Waals surface area contributed by atoms with Crippen LogP contribution in [0.1, 0.15) is 55.8 Å². The first-order valence-corrected chi connectivity index (χ1v) is 14.6. The first-order valence-electron chi connectivity index (χ1n) is 14.6. The number of alkyl carbamates (subject to hydrolysis) is 1. The fourth-order valence-electron chi connectivity index (χ4n) is 5.10. The number of imidazole rings is 1. The lowest BCUT2D eigenvalue weighted by Crippen LogP contribution is -2.25. The molecule has 1 aliphatic carbocycles. The molecule has 0 bridgehead atoms. The second-order valence-electron chi connectivity index (χ2n) is 11.2. The van der Waals surface area contributed by atoms with Crippen LogP contribution in [0.5, 0.6) is 0 Å². The van der Waals surface area contributed by atoms with E-state index in [1.54, 1.807) is 7.05 Å². The summed E-state index contributed by atoms with van der Waals surface area (Å²) in [6.45, 7) is 9.57. The molecule has 0 unspecified atom stereocenters. The van der Waals surface area contributed by atoms with Gasteiger partial charge in [-0.1, -0.05) is 67.3 Å². The molecule has 1 amide bonds. The molecule has 5 rings (SSSR count). The monoisotopic (exact) mass is 597 g/mol. The molecule has 9 nitrogen and oxygen atoms in total. The van der Waals surface area contributed by atoms with Crippen LogP contribution in [0.25, 0.3) is 16.6 Å². The standard InChI is InChI=1S/C19H24N2O4.C16H15NO2/c1-5-12-24-17(22)10-9-16-20-14(13-18(23)25-19(2,3)4)15-8-6-7-11-21(15)16;1-17-16(18)19-10-15-13-8-4-2-6-11(13)12-7-3-5-9-14(12)15/h5-8,11H,1,9-10,12-13H2,2-4H3;2-9,15H,10H2,1H3,(H,17,18). The molecule has 230 valence electrons. The molecule has 0 aliphatic heterocycles. The van der Waals surface area contributed by atoms with Crippen LogP contribution in [-0.2, 0) is 36.6 Å². The highest BCUT2D eigenvalue weighted by atomic mass is 16.6. The summed E-state index contributed by atoms with van der Waals surface area (Å²) in [6, 6.07) is 22.2. The van der Waals surface area contributed by atoms with Crippen molar-refractivity contribution in [1.82, 2.24) is 14.7 Å². The Bertz CT molecular complexity index is 1590. The third-order valence-corrected chi connectivity index (χ3v) is 6.89. The lowest BCUT2D eigenvalue weighted by molar-refractivity contribution is -0.154. The topological polar surface area (TPSA) is 108 Å². The second kappa shape index (κ2) is 14.5. The van der Waals surface area contributed by atoms with Gasteiger partial charge in [0.25, 0.3) is 0 Å². The average Bonchev–Trinajstić information content (AvgIpc) is 3.52. The number of benzene rings is 2. The van der Waals surface area contributed by atoms with E-state index in [9.17, 15) is 14.4 Å². The van der Waals surface area contributed by atoms with E-state index in [1.807, 2.05) is 73.8 Å². The fourth-order valence-corrected chi connectivity index (χ4v) is 5.10. The van der Waals surface area contributed by atoms with Crippen molar-refractivity contribution in [3.05, 3.63) is 108 Å². The minimum atomic E-state index is -0.537. The Morgan fingerprint density at radius 2 is 1.57 bits per heavy atom. The van der Waals surface area contributed by atoms with Gasteiger partial charge < -0.3 is 23.9 Å². The van der Waals surface area contributed by atoms with Crippen LogP contribution in [0.2, 0.25) is 0 Å². The molecular formula is C35H39N3O6. The van der Waals surface area contributed by atoms with E-state index >= 15 is 0 Å². The van der Waals surface area contributed by atoms with Crippen LogP contribution in [0.4, 0.5) is 4.79 Å². The van der Waals surface area contributed by atoms with Gasteiger partial charge in [0, 0.05) is 25.6 Å². The molecule has 0 fully saturated rings. The van der Waals surface area contributed by atoms with Crippen LogP contribution in [0, 0.1) is 0 Å². The minimum absolute atomic E-state index is 0.0890. The lowest BCUT2D eigenvalue weighted by atomic mass is 9.98. The normalized spacial score (nSPS) is 11.9. The number of nitrogens with zero attached hydrogens (tertiary/aromatic N) is 2. The molecule has 9 heteroatoms. The molecule has 0 saturated carbocycles. The van der Waals surface area contributed by atoms with Crippen molar-refractivity contribution >= 4 is 23.5 Å². The van der Waals surface area contributed by atoms with E-state index in [0.29, 0.717) is 24.5 Å². The number of hydrogen-bond donors (Lipinski definition) is 1. The molecule has 2 heterocycles. The molecule has 0 spiro atoms. The molecule has 0 atom stereocenters. The molecular weight excluding hydrogens is 558 g/mol. The summed E-state index contributed by atoms with van der Waals surface area (Å²) >= 11 is 0. The Hall–Kier alpha value is -4.92. The van der Waals surface area contributed by atoms with E-state index in [1.165, 1.54) is 28.3 Å². The van der Waals surface area contributed by atoms with Gasteiger partial charge >= 0.3 is 18.0 Å². The highest BCUT2D eigenvalue weighted by molar-refractivity contribution is 5.79. The summed E-state index contributed by atoms with van der Waals surface area (Å²) < 4.78 is 17.5. The molecule has 1 aliphatic rings. The average molecular weight is 598 g/mol. The maximum atomic E-state index is 12.1. The number of rotatable bonds is 9. The summed E-state index contributed by atoms with van der Waals surface area (Å²) in [4.78, 5) is 39.6. The summed E-state index contributed by atoms with van der Waals surface area (Å²) in [6.07, 6.45) is 3.74. The van der Waals surface area contributed by atoms with Crippen LogP contribution < -0.4 is 5.32 Å². The number of ether oxygens (including phenoxy) is 3. The first-order chi connectivity index (χ1) is 21.1. The van der Waals surface area contributed by atoms with Crippen LogP contribution >= 0.6 is 0 Å². The van der Waals surface area contributed by atoms with Crippen molar-refractivity contribution in [2.24, 2.45) is 0 Å². The Labute approximate surface area is 257 Å². The predicted octanol–water partition coefficient (Wildman–Crippen LogP) is 6.04. The zero-order valence-corrected chi connectivity index (χ0v) is 25.7. The number of esters is 2. The van der Waals surface area contributed by atoms with E-state index in [2.05, 4.69) is 41.1 Å². The smallest absolute Gasteiger partial charge is 0.406 e. The number of aryl methyl sites for hydroxylation is 1. The number of carbonyl (C=O) groups is 3. The maximum absolute atomic E-state index is 12.1. The van der Waals surface area contributed by atoms with Crippen molar-refractivity contribution in [2.45, 2.75) is 51.6 Å². The molecule has 44 heavy (non-hydrogen) atoms. The van der Waals surface area contributed by atoms with E-state index in [0.717, 1.165) is 5.52 Å².